The summed E-state index contributed by atoms with van der Waals surface area (Å²) in [5.41, 5.74) is 7.35. The number of hydrogen-bond donors (Lipinski definition) is 2. The summed E-state index contributed by atoms with van der Waals surface area (Å²) in [6.07, 6.45) is 0. The molecule has 74 valence electrons. The average Bonchev–Trinajstić information content (AvgIpc) is 2.26. The van der Waals surface area contributed by atoms with E-state index in [2.05, 4.69) is 11.8 Å². The molecule has 0 saturated carbocycles. The summed E-state index contributed by atoms with van der Waals surface area (Å²) in [6.45, 7) is -0.111. The molecule has 0 aliphatic rings. The van der Waals surface area contributed by atoms with Crippen molar-refractivity contribution in [3.05, 3.63) is 42.0 Å². The Kier molecular flexibility index (Phi) is 2.57. The van der Waals surface area contributed by atoms with Crippen LogP contribution in [0.3, 0.4) is 0 Å². The van der Waals surface area contributed by atoms with Gasteiger partial charge in [-0.1, -0.05) is 24.0 Å². The molecule has 0 aliphatic heterocycles. The Labute approximate surface area is 88.3 Å². The highest BCUT2D eigenvalue weighted by Crippen LogP contribution is 2.18. The first-order chi connectivity index (χ1) is 7.29. The van der Waals surface area contributed by atoms with E-state index >= 15 is 0 Å². The van der Waals surface area contributed by atoms with E-state index < -0.39 is 0 Å². The third-order valence-electron chi connectivity index (χ3n) is 2.18. The molecule has 0 aromatic heterocycles. The van der Waals surface area contributed by atoms with E-state index in [1.807, 2.05) is 36.4 Å². The summed E-state index contributed by atoms with van der Waals surface area (Å²) in [4.78, 5) is 0. The van der Waals surface area contributed by atoms with Gasteiger partial charge in [0.25, 0.3) is 0 Å². The zero-order chi connectivity index (χ0) is 10.7. The van der Waals surface area contributed by atoms with Crippen molar-refractivity contribution in [2.45, 2.75) is 0 Å². The van der Waals surface area contributed by atoms with E-state index in [1.54, 1.807) is 0 Å². The number of nitrogens with two attached hydrogens (primary N) is 1. The number of benzene rings is 2. The number of anilines is 1. The van der Waals surface area contributed by atoms with Crippen molar-refractivity contribution in [3.8, 4) is 11.8 Å². The Morgan fingerprint density at radius 3 is 2.60 bits per heavy atom. The molecule has 2 heteroatoms. The molecule has 2 nitrogen and oxygen atoms in total. The molecule has 0 radical (unpaired) electrons. The molecule has 3 N–H and O–H groups in total. The summed E-state index contributed by atoms with van der Waals surface area (Å²) < 4.78 is 0. The Morgan fingerprint density at radius 2 is 1.80 bits per heavy atom. The van der Waals surface area contributed by atoms with Crippen LogP contribution in [0, 0.1) is 11.8 Å². The minimum atomic E-state index is -0.111. The van der Waals surface area contributed by atoms with Crippen LogP contribution in [0.1, 0.15) is 5.56 Å². The number of aliphatic hydroxyl groups is 1. The molecule has 0 bridgehead atoms. The predicted octanol–water partition coefficient (Wildman–Crippen LogP) is 1.77. The van der Waals surface area contributed by atoms with Crippen molar-refractivity contribution < 1.29 is 5.11 Å². The molecule has 0 aliphatic carbocycles. The highest BCUT2D eigenvalue weighted by Gasteiger charge is 1.94. The summed E-state index contributed by atoms with van der Waals surface area (Å²) in [5, 5.41) is 10.8. The van der Waals surface area contributed by atoms with Gasteiger partial charge in [-0.05, 0) is 35.0 Å². The van der Waals surface area contributed by atoms with Crippen molar-refractivity contribution in [3.63, 3.8) is 0 Å². The van der Waals surface area contributed by atoms with Gasteiger partial charge in [-0.15, -0.1) is 0 Å². The molecule has 2 rings (SSSR count). The van der Waals surface area contributed by atoms with Crippen molar-refractivity contribution in [1.82, 2.24) is 0 Å². The molecule has 2 aromatic rings. The first-order valence-electron chi connectivity index (χ1n) is 4.68. The van der Waals surface area contributed by atoms with Crippen LogP contribution in [0.25, 0.3) is 10.8 Å². The number of rotatable bonds is 0. The second kappa shape index (κ2) is 4.04. The van der Waals surface area contributed by atoms with Gasteiger partial charge in [-0.3, -0.25) is 0 Å². The van der Waals surface area contributed by atoms with Gasteiger partial charge in [0.15, 0.2) is 0 Å². The number of nitrogen functional groups attached to an aromatic ring is 1. The lowest BCUT2D eigenvalue weighted by molar-refractivity contribution is 0.350. The van der Waals surface area contributed by atoms with Gasteiger partial charge >= 0.3 is 0 Å². The smallest absolute Gasteiger partial charge is 0.104 e. The van der Waals surface area contributed by atoms with Crippen LogP contribution >= 0.6 is 0 Å². The SMILES string of the molecule is Nc1ccc2cc(C#CCO)ccc2c1. The number of aliphatic hydroxyl groups excluding tert-OH is 1. The highest BCUT2D eigenvalue weighted by atomic mass is 16.2. The lowest BCUT2D eigenvalue weighted by Crippen LogP contribution is -1.84. The predicted molar refractivity (Wildman–Crippen MR) is 62.3 cm³/mol. The third-order valence-corrected chi connectivity index (χ3v) is 2.18. The normalized spacial score (nSPS) is 9.67. The van der Waals surface area contributed by atoms with E-state index in [4.69, 9.17) is 10.8 Å². The highest BCUT2D eigenvalue weighted by molar-refractivity contribution is 5.86. The van der Waals surface area contributed by atoms with Crippen LogP contribution in [0.4, 0.5) is 5.69 Å². The Morgan fingerprint density at radius 1 is 1.07 bits per heavy atom. The van der Waals surface area contributed by atoms with Crippen LogP contribution in [-0.2, 0) is 0 Å². The molecule has 0 saturated heterocycles. The van der Waals surface area contributed by atoms with Crippen molar-refractivity contribution >= 4 is 16.5 Å². The van der Waals surface area contributed by atoms with E-state index in [0.717, 1.165) is 22.0 Å². The molecule has 0 atom stereocenters. The molecular weight excluding hydrogens is 186 g/mol. The molecule has 0 fully saturated rings. The quantitative estimate of drug-likeness (QED) is 0.499. The van der Waals surface area contributed by atoms with Crippen LogP contribution in [0.5, 0.6) is 0 Å². The van der Waals surface area contributed by atoms with Crippen LogP contribution in [0.2, 0.25) is 0 Å². The third kappa shape index (κ3) is 2.09. The first-order valence-corrected chi connectivity index (χ1v) is 4.68. The summed E-state index contributed by atoms with van der Waals surface area (Å²) in [6, 6.07) is 11.6. The number of fused-ring (bicyclic) bond motifs is 1. The Bertz CT molecular complexity index is 549. The summed E-state index contributed by atoms with van der Waals surface area (Å²) in [5.74, 6) is 5.49. The minimum absolute atomic E-state index is 0.111. The van der Waals surface area contributed by atoms with Crippen LogP contribution in [0.15, 0.2) is 36.4 Å². The standard InChI is InChI=1S/C13H11NO/c14-13-6-5-11-8-10(2-1-7-15)3-4-12(11)9-13/h3-6,8-9,15H,7,14H2. The van der Waals surface area contributed by atoms with Crippen LogP contribution < -0.4 is 5.73 Å². The fraction of sp³-hybridized carbons (Fsp3) is 0.0769. The van der Waals surface area contributed by atoms with E-state index in [-0.39, 0.29) is 6.61 Å². The van der Waals surface area contributed by atoms with Crippen LogP contribution in [-0.4, -0.2) is 11.7 Å². The molecule has 0 heterocycles. The van der Waals surface area contributed by atoms with Crippen molar-refractivity contribution in [2.24, 2.45) is 0 Å². The topological polar surface area (TPSA) is 46.2 Å². The maximum Gasteiger partial charge on any atom is 0.104 e. The largest absolute Gasteiger partial charge is 0.399 e. The fourth-order valence-electron chi connectivity index (χ4n) is 1.48. The van der Waals surface area contributed by atoms with Gasteiger partial charge in [0.2, 0.25) is 0 Å². The molecule has 15 heavy (non-hydrogen) atoms. The molecular formula is C13H11NO. The van der Waals surface area contributed by atoms with Gasteiger partial charge in [-0.2, -0.15) is 0 Å². The second-order valence-corrected chi connectivity index (χ2v) is 3.28. The number of hydrogen-bond acceptors (Lipinski definition) is 2. The maximum atomic E-state index is 8.59. The lowest BCUT2D eigenvalue weighted by atomic mass is 10.1. The maximum absolute atomic E-state index is 8.59. The zero-order valence-corrected chi connectivity index (χ0v) is 8.20. The zero-order valence-electron chi connectivity index (χ0n) is 8.20. The van der Waals surface area contributed by atoms with E-state index in [9.17, 15) is 0 Å². The first kappa shape index (κ1) is 9.57. The van der Waals surface area contributed by atoms with Gasteiger partial charge < -0.3 is 10.8 Å². The fourth-order valence-corrected chi connectivity index (χ4v) is 1.48. The van der Waals surface area contributed by atoms with Gasteiger partial charge in [-0.25, -0.2) is 0 Å². The summed E-state index contributed by atoms with van der Waals surface area (Å²) in [7, 11) is 0. The van der Waals surface area contributed by atoms with Crippen molar-refractivity contribution in [2.75, 3.05) is 12.3 Å². The Balaban J connectivity index is 2.52. The van der Waals surface area contributed by atoms with E-state index in [0.29, 0.717) is 0 Å². The van der Waals surface area contributed by atoms with Gasteiger partial charge in [0, 0.05) is 11.3 Å². The molecule has 0 amide bonds. The molecule has 0 unspecified atom stereocenters. The minimum Gasteiger partial charge on any atom is -0.399 e. The molecule has 2 aromatic carbocycles. The summed E-state index contributed by atoms with van der Waals surface area (Å²) >= 11 is 0. The monoisotopic (exact) mass is 197 g/mol. The van der Waals surface area contributed by atoms with Crippen molar-refractivity contribution in [1.29, 1.82) is 0 Å². The second-order valence-electron chi connectivity index (χ2n) is 3.28. The lowest BCUT2D eigenvalue weighted by Gasteiger charge is -1.99. The van der Waals surface area contributed by atoms with Gasteiger partial charge in [0.05, 0.1) is 0 Å². The Hall–Kier alpha value is -1.98. The van der Waals surface area contributed by atoms with E-state index in [1.165, 1.54) is 0 Å². The average molecular weight is 197 g/mol. The molecule has 0 spiro atoms. The van der Waals surface area contributed by atoms with Gasteiger partial charge in [0.1, 0.15) is 6.61 Å².